The number of carbonyl (C=O) groups excluding carboxylic acids is 1. The van der Waals surface area contributed by atoms with Crippen LogP contribution < -0.4 is 10.1 Å². The average molecular weight is 271 g/mol. The van der Waals surface area contributed by atoms with Crippen molar-refractivity contribution in [1.82, 2.24) is 5.32 Å². The Morgan fingerprint density at radius 2 is 2.06 bits per heavy atom. The van der Waals surface area contributed by atoms with Crippen molar-refractivity contribution in [2.75, 3.05) is 13.7 Å². The van der Waals surface area contributed by atoms with E-state index >= 15 is 0 Å². The lowest BCUT2D eigenvalue weighted by Gasteiger charge is -2.14. The molecule has 6 heteroatoms. The van der Waals surface area contributed by atoms with Crippen LogP contribution in [0.15, 0.2) is 6.07 Å². The van der Waals surface area contributed by atoms with E-state index in [1.165, 1.54) is 18.4 Å². The second-order valence-electron chi connectivity index (χ2n) is 4.82. The Balaban J connectivity index is 2.98. The molecule has 0 saturated carbocycles. The van der Waals surface area contributed by atoms with Crippen LogP contribution in [0.2, 0.25) is 0 Å². The Morgan fingerprint density at radius 1 is 1.44 bits per heavy atom. The molecular formula is C12H17NO4S. The lowest BCUT2D eigenvalue weighted by molar-refractivity contribution is -0.122. The molecule has 0 aliphatic rings. The minimum absolute atomic E-state index is 0.129. The zero-order chi connectivity index (χ0) is 13.9. The third-order valence-corrected chi connectivity index (χ3v) is 3.80. The first kappa shape index (κ1) is 14.5. The molecular weight excluding hydrogens is 254 g/mol. The molecule has 1 heterocycles. The highest BCUT2D eigenvalue weighted by Gasteiger charge is 2.23. The van der Waals surface area contributed by atoms with E-state index in [2.05, 4.69) is 5.32 Å². The van der Waals surface area contributed by atoms with Gasteiger partial charge in [-0.15, -0.1) is 11.3 Å². The normalized spacial score (nSPS) is 11.1. The number of hydrogen-bond donors (Lipinski definition) is 2. The van der Waals surface area contributed by atoms with Crippen molar-refractivity contribution < 1.29 is 19.4 Å². The lowest BCUT2D eigenvalue weighted by atomic mass is 9.95. The largest absolute Gasteiger partial charge is 0.482 e. The second kappa shape index (κ2) is 5.39. The van der Waals surface area contributed by atoms with E-state index in [9.17, 15) is 9.59 Å². The van der Waals surface area contributed by atoms with Gasteiger partial charge >= 0.3 is 5.97 Å². The van der Waals surface area contributed by atoms with E-state index in [0.717, 1.165) is 4.88 Å². The molecule has 0 saturated heterocycles. The number of carbonyl (C=O) groups is 2. The van der Waals surface area contributed by atoms with Gasteiger partial charge in [-0.2, -0.15) is 0 Å². The van der Waals surface area contributed by atoms with E-state index in [1.807, 2.05) is 20.8 Å². The number of thiophene rings is 1. The number of nitrogens with one attached hydrogen (secondary N) is 1. The molecule has 1 aromatic heterocycles. The fourth-order valence-electron chi connectivity index (χ4n) is 1.22. The molecule has 0 spiro atoms. The maximum atomic E-state index is 11.1. The molecule has 0 unspecified atom stereocenters. The number of amides is 1. The van der Waals surface area contributed by atoms with Crippen molar-refractivity contribution in [1.29, 1.82) is 0 Å². The number of carboxylic acid groups (broad SMARTS) is 1. The van der Waals surface area contributed by atoms with Gasteiger partial charge in [-0.25, -0.2) is 4.79 Å². The van der Waals surface area contributed by atoms with Crippen LogP contribution in [0, 0.1) is 0 Å². The van der Waals surface area contributed by atoms with Gasteiger partial charge in [0.25, 0.3) is 5.91 Å². The number of rotatable bonds is 4. The van der Waals surface area contributed by atoms with Crippen LogP contribution >= 0.6 is 11.3 Å². The topological polar surface area (TPSA) is 75.6 Å². The van der Waals surface area contributed by atoms with Crippen LogP contribution in [0.4, 0.5) is 0 Å². The summed E-state index contributed by atoms with van der Waals surface area (Å²) in [5.74, 6) is -1.08. The van der Waals surface area contributed by atoms with Crippen LogP contribution in [-0.2, 0) is 10.2 Å². The van der Waals surface area contributed by atoms with Gasteiger partial charge in [0.2, 0.25) is 0 Å². The zero-order valence-electron chi connectivity index (χ0n) is 10.9. The summed E-state index contributed by atoms with van der Waals surface area (Å²) >= 11 is 1.18. The SMILES string of the molecule is CNC(=O)COc1cc(C(C)(C)C)sc1C(=O)O. The van der Waals surface area contributed by atoms with Gasteiger partial charge in [-0.1, -0.05) is 20.8 Å². The highest BCUT2D eigenvalue weighted by Crippen LogP contribution is 2.36. The molecule has 18 heavy (non-hydrogen) atoms. The molecule has 1 amide bonds. The van der Waals surface area contributed by atoms with Gasteiger partial charge in [-0.3, -0.25) is 4.79 Å². The summed E-state index contributed by atoms with van der Waals surface area (Å²) in [4.78, 5) is 23.2. The number of carboxylic acids is 1. The minimum atomic E-state index is -1.04. The molecule has 100 valence electrons. The summed E-state index contributed by atoms with van der Waals surface area (Å²) in [6.45, 7) is 5.80. The molecule has 2 N–H and O–H groups in total. The third-order valence-electron chi connectivity index (χ3n) is 2.27. The Kier molecular flexibility index (Phi) is 4.34. The highest BCUT2D eigenvalue weighted by molar-refractivity contribution is 7.14. The lowest BCUT2D eigenvalue weighted by Crippen LogP contribution is -2.25. The molecule has 5 nitrogen and oxygen atoms in total. The second-order valence-corrected chi connectivity index (χ2v) is 5.87. The molecule has 0 aromatic carbocycles. The van der Waals surface area contributed by atoms with Crippen molar-refractivity contribution in [3.05, 3.63) is 15.8 Å². The highest BCUT2D eigenvalue weighted by atomic mass is 32.1. The van der Waals surface area contributed by atoms with Crippen molar-refractivity contribution in [3.63, 3.8) is 0 Å². The van der Waals surface area contributed by atoms with Gasteiger partial charge in [0.15, 0.2) is 11.5 Å². The predicted molar refractivity (Wildman–Crippen MR) is 69.5 cm³/mol. The predicted octanol–water partition coefficient (Wildman–Crippen LogP) is 1.87. The Labute approximate surface area is 110 Å². The Morgan fingerprint density at radius 3 is 2.50 bits per heavy atom. The van der Waals surface area contributed by atoms with Gasteiger partial charge in [0.1, 0.15) is 5.75 Å². The first-order valence-corrected chi connectivity index (χ1v) is 6.28. The zero-order valence-corrected chi connectivity index (χ0v) is 11.7. The van der Waals surface area contributed by atoms with Crippen molar-refractivity contribution in [3.8, 4) is 5.75 Å². The first-order valence-electron chi connectivity index (χ1n) is 5.46. The van der Waals surface area contributed by atoms with Crippen LogP contribution in [0.3, 0.4) is 0 Å². The Bertz CT molecular complexity index is 459. The summed E-state index contributed by atoms with van der Waals surface area (Å²) in [7, 11) is 1.50. The van der Waals surface area contributed by atoms with Gasteiger partial charge in [0.05, 0.1) is 0 Å². The number of aromatic carboxylic acids is 1. The van der Waals surface area contributed by atoms with Crippen LogP contribution in [-0.4, -0.2) is 30.6 Å². The van der Waals surface area contributed by atoms with Gasteiger partial charge < -0.3 is 15.2 Å². The van der Waals surface area contributed by atoms with Crippen LogP contribution in [0.25, 0.3) is 0 Å². The molecule has 0 bridgehead atoms. The summed E-state index contributed by atoms with van der Waals surface area (Å²) in [5.41, 5.74) is -0.149. The molecule has 1 rings (SSSR count). The fourth-order valence-corrected chi connectivity index (χ4v) is 2.21. The van der Waals surface area contributed by atoms with E-state index in [0.29, 0.717) is 0 Å². The fraction of sp³-hybridized carbons (Fsp3) is 0.500. The van der Waals surface area contributed by atoms with Crippen LogP contribution in [0.1, 0.15) is 35.3 Å². The summed E-state index contributed by atoms with van der Waals surface area (Å²) < 4.78 is 5.24. The quantitative estimate of drug-likeness (QED) is 0.876. The summed E-state index contributed by atoms with van der Waals surface area (Å²) in [6, 6.07) is 1.69. The number of ether oxygens (including phenoxy) is 1. The summed E-state index contributed by atoms with van der Waals surface area (Å²) in [5, 5.41) is 11.5. The van der Waals surface area contributed by atoms with E-state index in [1.54, 1.807) is 6.07 Å². The molecule has 0 radical (unpaired) electrons. The van der Waals surface area contributed by atoms with Crippen molar-refractivity contribution in [2.24, 2.45) is 0 Å². The van der Waals surface area contributed by atoms with Crippen molar-refractivity contribution in [2.45, 2.75) is 26.2 Å². The number of likely N-dealkylation sites (N-methyl/N-ethyl adjacent to an activating group) is 1. The maximum Gasteiger partial charge on any atom is 0.349 e. The molecule has 0 aliphatic carbocycles. The van der Waals surface area contributed by atoms with Gasteiger partial charge in [-0.05, 0) is 11.5 Å². The summed E-state index contributed by atoms with van der Waals surface area (Å²) in [6.07, 6.45) is 0. The molecule has 1 aromatic rings. The van der Waals surface area contributed by atoms with E-state index in [-0.39, 0.29) is 28.6 Å². The Hall–Kier alpha value is -1.56. The molecule has 0 atom stereocenters. The molecule has 0 fully saturated rings. The van der Waals surface area contributed by atoms with E-state index < -0.39 is 5.97 Å². The van der Waals surface area contributed by atoms with Crippen molar-refractivity contribution >= 4 is 23.2 Å². The first-order chi connectivity index (χ1) is 8.25. The third kappa shape index (κ3) is 3.46. The maximum absolute atomic E-state index is 11.1. The average Bonchev–Trinajstić information content (AvgIpc) is 2.69. The monoisotopic (exact) mass is 271 g/mol. The standard InChI is InChI=1S/C12H17NO4S/c1-12(2,3)8-5-7(10(18-8)11(15)16)17-6-9(14)13-4/h5H,6H2,1-4H3,(H,13,14)(H,15,16). The van der Waals surface area contributed by atoms with Crippen LogP contribution in [0.5, 0.6) is 5.75 Å². The molecule has 0 aliphatic heterocycles. The number of hydrogen-bond acceptors (Lipinski definition) is 4. The van der Waals surface area contributed by atoms with Gasteiger partial charge in [0, 0.05) is 11.9 Å². The van der Waals surface area contributed by atoms with E-state index in [4.69, 9.17) is 9.84 Å². The smallest absolute Gasteiger partial charge is 0.349 e. The minimum Gasteiger partial charge on any atom is -0.482 e.